The number of fused-ring (bicyclic) bond motifs is 1. The van der Waals surface area contributed by atoms with E-state index in [1.165, 1.54) is 6.07 Å². The molecular weight excluding hydrogens is 485 g/mol. The maximum absolute atomic E-state index is 12.9. The maximum Gasteiger partial charge on any atom is 0.416 e. The lowest BCUT2D eigenvalue weighted by molar-refractivity contribution is -0.137. The number of amides is 1. The van der Waals surface area contributed by atoms with Crippen LogP contribution >= 0.6 is 11.8 Å². The minimum absolute atomic E-state index is 0.0457. The summed E-state index contributed by atoms with van der Waals surface area (Å²) in [6, 6.07) is 13.4. The zero-order valence-corrected chi connectivity index (χ0v) is 20.9. The summed E-state index contributed by atoms with van der Waals surface area (Å²) in [6.07, 6.45) is 1.14. The summed E-state index contributed by atoms with van der Waals surface area (Å²) >= 11 is 1.64. The number of halogens is 3. The first-order valence-electron chi connectivity index (χ1n) is 12.3. The molecule has 0 atom stereocenters. The molecule has 5 nitrogen and oxygen atoms in total. The second-order valence-corrected chi connectivity index (χ2v) is 9.98. The highest BCUT2D eigenvalue weighted by atomic mass is 32.2. The smallest absolute Gasteiger partial charge is 0.369 e. The third-order valence-corrected chi connectivity index (χ3v) is 7.42. The van der Waals surface area contributed by atoms with Crippen LogP contribution in [0.5, 0.6) is 0 Å². The topological polar surface area (TPSA) is 57.3 Å². The molecule has 0 spiro atoms. The first-order chi connectivity index (χ1) is 17.4. The van der Waals surface area contributed by atoms with Gasteiger partial charge in [-0.1, -0.05) is 18.9 Å². The van der Waals surface area contributed by atoms with Crippen molar-refractivity contribution in [2.24, 2.45) is 0 Å². The van der Waals surface area contributed by atoms with Gasteiger partial charge < -0.3 is 15.5 Å². The molecular formula is C27H31F3N4OS. The number of nitrogens with zero attached hydrogens (tertiary/aromatic N) is 2. The lowest BCUT2D eigenvalue weighted by Crippen LogP contribution is -2.43. The van der Waals surface area contributed by atoms with Crippen LogP contribution in [0.2, 0.25) is 0 Å². The molecule has 2 heterocycles. The fourth-order valence-corrected chi connectivity index (χ4v) is 5.29. The Hall–Kier alpha value is -2.78. The van der Waals surface area contributed by atoms with Gasteiger partial charge in [-0.25, -0.2) is 0 Å². The second kappa shape index (κ2) is 12.5. The van der Waals surface area contributed by atoms with E-state index in [2.05, 4.69) is 20.5 Å². The number of rotatable bonds is 10. The first kappa shape index (κ1) is 26.3. The minimum atomic E-state index is -4.37. The van der Waals surface area contributed by atoms with Crippen LogP contribution in [0.1, 0.15) is 41.6 Å². The Bertz CT molecular complexity index is 1150. The predicted molar refractivity (Wildman–Crippen MR) is 140 cm³/mol. The monoisotopic (exact) mass is 516 g/mol. The van der Waals surface area contributed by atoms with Crippen LogP contribution in [-0.2, 0) is 6.18 Å². The summed E-state index contributed by atoms with van der Waals surface area (Å²) in [6.45, 7) is 4.56. The number of thioether (sulfide) groups is 1. The second-order valence-electron chi connectivity index (χ2n) is 8.84. The van der Waals surface area contributed by atoms with Crippen molar-refractivity contribution < 1.29 is 18.0 Å². The van der Waals surface area contributed by atoms with E-state index in [-0.39, 0.29) is 5.91 Å². The van der Waals surface area contributed by atoms with Crippen molar-refractivity contribution in [3.05, 3.63) is 65.9 Å². The summed E-state index contributed by atoms with van der Waals surface area (Å²) in [7, 11) is 0. The zero-order valence-electron chi connectivity index (χ0n) is 20.1. The summed E-state index contributed by atoms with van der Waals surface area (Å²) in [5, 5.41) is 7.08. The van der Waals surface area contributed by atoms with Gasteiger partial charge in [0.15, 0.2) is 0 Å². The van der Waals surface area contributed by atoms with Gasteiger partial charge in [-0.15, -0.1) is 11.8 Å². The molecule has 2 N–H and O–H groups in total. The quantitative estimate of drug-likeness (QED) is 0.266. The molecule has 1 fully saturated rings. The van der Waals surface area contributed by atoms with Gasteiger partial charge in [-0.3, -0.25) is 9.78 Å². The Kier molecular flexibility index (Phi) is 9.09. The molecule has 0 unspecified atom stereocenters. The van der Waals surface area contributed by atoms with Gasteiger partial charge in [0.05, 0.1) is 11.1 Å². The zero-order chi connectivity index (χ0) is 25.4. The van der Waals surface area contributed by atoms with Gasteiger partial charge in [-0.05, 0) is 61.1 Å². The average molecular weight is 517 g/mol. The van der Waals surface area contributed by atoms with Crippen LogP contribution in [0.3, 0.4) is 0 Å². The van der Waals surface area contributed by atoms with Crippen LogP contribution in [0.25, 0.3) is 10.9 Å². The van der Waals surface area contributed by atoms with E-state index in [0.29, 0.717) is 17.6 Å². The van der Waals surface area contributed by atoms with Gasteiger partial charge in [0.2, 0.25) is 0 Å². The molecule has 1 aromatic heterocycles. The Morgan fingerprint density at radius 3 is 2.50 bits per heavy atom. The number of pyridine rings is 1. The summed E-state index contributed by atoms with van der Waals surface area (Å²) in [4.78, 5) is 19.8. The number of aromatic nitrogens is 1. The molecule has 192 valence electrons. The number of unbranched alkanes of at least 4 members (excludes halogenated alkanes) is 3. The molecule has 2 aromatic carbocycles. The van der Waals surface area contributed by atoms with Crippen LogP contribution in [0, 0.1) is 0 Å². The molecule has 4 rings (SSSR count). The van der Waals surface area contributed by atoms with E-state index in [1.54, 1.807) is 18.0 Å². The fraction of sp³-hybridized carbons (Fsp3) is 0.407. The van der Waals surface area contributed by atoms with Gasteiger partial charge in [0.25, 0.3) is 5.91 Å². The number of hydrogen-bond acceptors (Lipinski definition) is 5. The molecule has 0 radical (unpaired) electrons. The van der Waals surface area contributed by atoms with Crippen LogP contribution in [0.15, 0.2) is 59.6 Å². The van der Waals surface area contributed by atoms with Gasteiger partial charge in [0, 0.05) is 60.5 Å². The van der Waals surface area contributed by atoms with Crippen molar-refractivity contribution in [2.75, 3.05) is 43.4 Å². The number of carbonyl (C=O) groups is 1. The highest BCUT2D eigenvalue weighted by molar-refractivity contribution is 7.99. The van der Waals surface area contributed by atoms with E-state index < -0.39 is 11.7 Å². The minimum Gasteiger partial charge on any atom is -0.369 e. The third-order valence-electron chi connectivity index (χ3n) is 6.26. The molecule has 1 aliphatic rings. The van der Waals surface area contributed by atoms with E-state index in [9.17, 15) is 18.0 Å². The molecule has 0 saturated carbocycles. The van der Waals surface area contributed by atoms with Crippen molar-refractivity contribution in [1.29, 1.82) is 0 Å². The van der Waals surface area contributed by atoms with Gasteiger partial charge in [0.1, 0.15) is 0 Å². The number of carbonyl (C=O) groups excluding carboxylic acids is 1. The van der Waals surface area contributed by atoms with Crippen molar-refractivity contribution in [1.82, 2.24) is 15.6 Å². The van der Waals surface area contributed by atoms with Crippen molar-refractivity contribution in [3.8, 4) is 0 Å². The highest BCUT2D eigenvalue weighted by Gasteiger charge is 2.30. The number of nitrogens with one attached hydrogen (secondary N) is 2. The fourth-order valence-electron chi connectivity index (χ4n) is 4.24. The molecule has 36 heavy (non-hydrogen) atoms. The summed E-state index contributed by atoms with van der Waals surface area (Å²) in [5.41, 5.74) is 1.52. The number of piperazine rings is 1. The lowest BCUT2D eigenvalue weighted by atomic mass is 10.1. The maximum atomic E-state index is 12.9. The number of hydrogen-bond donors (Lipinski definition) is 2. The van der Waals surface area contributed by atoms with E-state index in [1.807, 2.05) is 30.3 Å². The standard InChI is InChI=1S/C27H31F3N4OS/c28-27(29,30)21-7-10-23-24(19-21)32-13-11-25(23)36-18-4-2-1-3-12-33-26(35)20-5-8-22(9-6-20)34-16-14-31-15-17-34/h5-11,13,19,31H,1-4,12,14-18H2,(H,33,35). The van der Waals surface area contributed by atoms with Crippen LogP contribution < -0.4 is 15.5 Å². The molecule has 0 aliphatic carbocycles. The van der Waals surface area contributed by atoms with Crippen LogP contribution in [-0.4, -0.2) is 49.4 Å². The number of benzene rings is 2. The van der Waals surface area contributed by atoms with Crippen molar-refractivity contribution in [2.45, 2.75) is 36.8 Å². The average Bonchev–Trinajstić information content (AvgIpc) is 2.90. The summed E-state index contributed by atoms with van der Waals surface area (Å²) in [5.74, 6) is 0.835. The van der Waals surface area contributed by atoms with Crippen molar-refractivity contribution in [3.63, 3.8) is 0 Å². The largest absolute Gasteiger partial charge is 0.416 e. The van der Waals surface area contributed by atoms with E-state index >= 15 is 0 Å². The van der Waals surface area contributed by atoms with Gasteiger partial charge >= 0.3 is 6.18 Å². The molecule has 3 aromatic rings. The van der Waals surface area contributed by atoms with Crippen molar-refractivity contribution >= 4 is 34.3 Å². The number of alkyl halides is 3. The Morgan fingerprint density at radius 1 is 1.00 bits per heavy atom. The highest BCUT2D eigenvalue weighted by Crippen LogP contribution is 2.34. The lowest BCUT2D eigenvalue weighted by Gasteiger charge is -2.29. The Balaban J connectivity index is 1.13. The Morgan fingerprint density at radius 2 is 1.75 bits per heavy atom. The molecule has 1 amide bonds. The van der Waals surface area contributed by atoms with E-state index in [0.717, 1.165) is 85.7 Å². The molecule has 9 heteroatoms. The van der Waals surface area contributed by atoms with E-state index in [4.69, 9.17) is 0 Å². The van der Waals surface area contributed by atoms with Crippen LogP contribution in [0.4, 0.5) is 18.9 Å². The van der Waals surface area contributed by atoms with Gasteiger partial charge in [-0.2, -0.15) is 13.2 Å². The SMILES string of the molecule is O=C(NCCCCCCSc1ccnc2cc(C(F)(F)F)ccc12)c1ccc(N2CCNCC2)cc1. The first-order valence-corrected chi connectivity index (χ1v) is 13.3. The number of anilines is 1. The Labute approximate surface area is 213 Å². The summed E-state index contributed by atoms with van der Waals surface area (Å²) < 4.78 is 38.8. The molecule has 1 aliphatic heterocycles. The predicted octanol–water partition coefficient (Wildman–Crippen LogP) is 5.75. The third kappa shape index (κ3) is 7.13. The normalized spacial score (nSPS) is 14.2. The molecule has 0 bridgehead atoms. The molecule has 1 saturated heterocycles.